The van der Waals surface area contributed by atoms with Crippen LogP contribution in [0, 0.1) is 6.92 Å². The van der Waals surface area contributed by atoms with Gasteiger partial charge >= 0.3 is 0 Å². The van der Waals surface area contributed by atoms with Crippen LogP contribution in [0.25, 0.3) is 5.57 Å². The molecule has 1 N–H and O–H groups in total. The van der Waals surface area contributed by atoms with Crippen molar-refractivity contribution in [1.29, 1.82) is 0 Å². The Morgan fingerprint density at radius 3 is 2.75 bits per heavy atom. The number of aryl methyl sites for hydroxylation is 2. The predicted molar refractivity (Wildman–Crippen MR) is 96.3 cm³/mol. The van der Waals surface area contributed by atoms with Crippen LogP contribution in [0.5, 0.6) is 0 Å². The van der Waals surface area contributed by atoms with Gasteiger partial charge in [-0.15, -0.1) is 0 Å². The molecule has 0 atom stereocenters. The van der Waals surface area contributed by atoms with Crippen LogP contribution in [0.15, 0.2) is 53.0 Å². The summed E-state index contributed by atoms with van der Waals surface area (Å²) in [5.74, 6) is -0.151. The molecule has 3 aliphatic rings. The van der Waals surface area contributed by atoms with E-state index in [1.165, 1.54) is 27.8 Å². The molecule has 0 aromatic carbocycles. The summed E-state index contributed by atoms with van der Waals surface area (Å²) in [5.41, 5.74) is 8.63. The molecule has 1 aromatic heterocycles. The van der Waals surface area contributed by atoms with Crippen LogP contribution in [-0.2, 0) is 6.42 Å². The average molecular weight is 322 g/mol. The molecule has 4 rings (SSSR count). The Morgan fingerprint density at radius 2 is 1.92 bits per heavy atom. The molecule has 3 heteroatoms. The smallest absolute Gasteiger partial charge is 0.123 e. The molecule has 0 unspecified atom stereocenters. The van der Waals surface area contributed by atoms with Gasteiger partial charge < -0.3 is 5.32 Å². The fraction of sp³-hybridized carbons (Fsp3) is 0.381. The lowest BCUT2D eigenvalue weighted by molar-refractivity contribution is 0.606. The van der Waals surface area contributed by atoms with Crippen molar-refractivity contribution in [3.05, 3.63) is 69.9 Å². The van der Waals surface area contributed by atoms with E-state index in [1.807, 2.05) is 12.3 Å². The van der Waals surface area contributed by atoms with Crippen LogP contribution in [0.4, 0.5) is 4.39 Å². The van der Waals surface area contributed by atoms with Crippen LogP contribution in [-0.4, -0.2) is 18.1 Å². The first kappa shape index (κ1) is 15.5. The molecule has 0 radical (unpaired) electrons. The SMILES string of the molecule is Cc1cnc2c(c1)CCC1=C2C(=C2CCNCC2)C=C(F)C=CC1. The van der Waals surface area contributed by atoms with Crippen LogP contribution in [0.2, 0.25) is 0 Å². The third-order valence-electron chi connectivity index (χ3n) is 5.17. The van der Waals surface area contributed by atoms with Gasteiger partial charge in [-0.2, -0.15) is 0 Å². The quantitative estimate of drug-likeness (QED) is 0.756. The van der Waals surface area contributed by atoms with E-state index in [0.717, 1.165) is 56.5 Å². The van der Waals surface area contributed by atoms with Gasteiger partial charge in [0.15, 0.2) is 0 Å². The van der Waals surface area contributed by atoms with E-state index in [-0.39, 0.29) is 5.83 Å². The Kier molecular flexibility index (Phi) is 4.19. The number of nitrogens with zero attached hydrogens (tertiary/aromatic N) is 1. The Balaban J connectivity index is 1.94. The first-order valence-electron chi connectivity index (χ1n) is 8.87. The first-order valence-corrected chi connectivity index (χ1v) is 8.87. The fourth-order valence-electron chi connectivity index (χ4n) is 3.99. The highest BCUT2D eigenvalue weighted by Gasteiger charge is 2.25. The van der Waals surface area contributed by atoms with Crippen molar-refractivity contribution in [3.8, 4) is 0 Å². The summed E-state index contributed by atoms with van der Waals surface area (Å²) >= 11 is 0. The van der Waals surface area contributed by atoms with Crippen LogP contribution >= 0.6 is 0 Å². The Labute approximate surface area is 142 Å². The largest absolute Gasteiger partial charge is 0.316 e. The van der Waals surface area contributed by atoms with Gasteiger partial charge in [0, 0.05) is 11.8 Å². The zero-order valence-electron chi connectivity index (χ0n) is 14.2. The minimum absolute atomic E-state index is 0.151. The molecule has 1 aliphatic heterocycles. The minimum Gasteiger partial charge on any atom is -0.316 e. The normalized spacial score (nSPS) is 21.0. The maximum absolute atomic E-state index is 14.3. The molecule has 0 amide bonds. The van der Waals surface area contributed by atoms with Crippen molar-refractivity contribution in [2.75, 3.05) is 13.1 Å². The van der Waals surface area contributed by atoms with Crippen molar-refractivity contribution in [2.45, 2.75) is 39.0 Å². The lowest BCUT2D eigenvalue weighted by Gasteiger charge is -2.27. The number of piperidine rings is 1. The van der Waals surface area contributed by atoms with E-state index in [1.54, 1.807) is 12.2 Å². The van der Waals surface area contributed by atoms with E-state index in [0.29, 0.717) is 0 Å². The molecule has 0 spiro atoms. The van der Waals surface area contributed by atoms with Gasteiger partial charge in [-0.25, -0.2) is 4.39 Å². The summed E-state index contributed by atoms with van der Waals surface area (Å²) < 4.78 is 14.3. The number of allylic oxidation sites excluding steroid dienone is 7. The van der Waals surface area contributed by atoms with Crippen molar-refractivity contribution in [1.82, 2.24) is 10.3 Å². The molecule has 2 heterocycles. The lowest BCUT2D eigenvalue weighted by atomic mass is 9.80. The molecule has 0 bridgehead atoms. The Morgan fingerprint density at radius 1 is 1.08 bits per heavy atom. The second kappa shape index (κ2) is 6.48. The molecule has 124 valence electrons. The highest BCUT2D eigenvalue weighted by Crippen LogP contribution is 2.41. The minimum atomic E-state index is -0.151. The number of pyridine rings is 1. The molecule has 1 aromatic rings. The molecule has 24 heavy (non-hydrogen) atoms. The van der Waals surface area contributed by atoms with Crippen molar-refractivity contribution >= 4 is 5.57 Å². The third-order valence-corrected chi connectivity index (χ3v) is 5.17. The maximum atomic E-state index is 14.3. The van der Waals surface area contributed by atoms with Gasteiger partial charge in [-0.3, -0.25) is 4.98 Å². The summed E-state index contributed by atoms with van der Waals surface area (Å²) in [5, 5.41) is 3.40. The summed E-state index contributed by atoms with van der Waals surface area (Å²) in [6, 6.07) is 2.24. The molecular formula is C21H23FN2. The van der Waals surface area contributed by atoms with E-state index >= 15 is 0 Å². The molecule has 0 saturated carbocycles. The van der Waals surface area contributed by atoms with E-state index in [9.17, 15) is 4.39 Å². The standard InChI is InChI=1S/C21H23FN2/c1-14-11-17-6-5-16-3-2-4-18(22)12-19(15-7-9-23-10-8-15)20(16)21(17)24-13-14/h2,4,11-13,23H,3,5-10H2,1H3. The van der Waals surface area contributed by atoms with Crippen LogP contribution in [0.1, 0.15) is 42.5 Å². The number of nitrogens with one attached hydrogen (secondary N) is 1. The number of rotatable bonds is 0. The zero-order chi connectivity index (χ0) is 16.5. The molecule has 2 nitrogen and oxygen atoms in total. The summed E-state index contributed by atoms with van der Waals surface area (Å²) in [6.45, 7) is 4.03. The highest BCUT2D eigenvalue weighted by atomic mass is 19.1. The van der Waals surface area contributed by atoms with Crippen molar-refractivity contribution in [3.63, 3.8) is 0 Å². The third kappa shape index (κ3) is 2.89. The monoisotopic (exact) mass is 322 g/mol. The van der Waals surface area contributed by atoms with Gasteiger partial charge in [-0.1, -0.05) is 23.3 Å². The molecule has 2 aliphatic carbocycles. The highest BCUT2D eigenvalue weighted by molar-refractivity contribution is 5.86. The number of hydrogen-bond donors (Lipinski definition) is 1. The fourth-order valence-corrected chi connectivity index (χ4v) is 3.99. The van der Waals surface area contributed by atoms with E-state index in [2.05, 4.69) is 18.3 Å². The number of aromatic nitrogens is 1. The van der Waals surface area contributed by atoms with Gasteiger partial charge in [0.25, 0.3) is 0 Å². The molecule has 1 fully saturated rings. The van der Waals surface area contributed by atoms with Gasteiger partial charge in [0.2, 0.25) is 0 Å². The van der Waals surface area contributed by atoms with Crippen LogP contribution in [0.3, 0.4) is 0 Å². The number of hydrogen-bond acceptors (Lipinski definition) is 2. The summed E-state index contributed by atoms with van der Waals surface area (Å²) in [7, 11) is 0. The molecule has 1 saturated heterocycles. The summed E-state index contributed by atoms with van der Waals surface area (Å²) in [4.78, 5) is 4.76. The maximum Gasteiger partial charge on any atom is 0.123 e. The van der Waals surface area contributed by atoms with E-state index in [4.69, 9.17) is 4.98 Å². The second-order valence-electron chi connectivity index (χ2n) is 6.90. The number of halogens is 1. The topological polar surface area (TPSA) is 24.9 Å². The van der Waals surface area contributed by atoms with Gasteiger partial charge in [0.05, 0.1) is 5.69 Å². The van der Waals surface area contributed by atoms with Crippen molar-refractivity contribution < 1.29 is 4.39 Å². The van der Waals surface area contributed by atoms with Gasteiger partial charge in [-0.05, 0) is 81.0 Å². The first-order chi connectivity index (χ1) is 11.7. The Bertz CT molecular complexity index is 788. The lowest BCUT2D eigenvalue weighted by Crippen LogP contribution is -2.24. The zero-order valence-corrected chi connectivity index (χ0v) is 14.2. The number of fused-ring (bicyclic) bond motifs is 2. The van der Waals surface area contributed by atoms with Gasteiger partial charge in [0.1, 0.15) is 5.83 Å². The van der Waals surface area contributed by atoms with Crippen molar-refractivity contribution in [2.24, 2.45) is 0 Å². The second-order valence-corrected chi connectivity index (χ2v) is 6.90. The average Bonchev–Trinajstić information content (AvgIpc) is 2.59. The molecular weight excluding hydrogens is 299 g/mol. The predicted octanol–water partition coefficient (Wildman–Crippen LogP) is 4.58. The Hall–Kier alpha value is -2.00. The van der Waals surface area contributed by atoms with E-state index < -0.39 is 0 Å². The van der Waals surface area contributed by atoms with Crippen LogP contribution < -0.4 is 5.32 Å². The summed E-state index contributed by atoms with van der Waals surface area (Å²) in [6.07, 6.45) is 12.1.